The van der Waals surface area contributed by atoms with Gasteiger partial charge in [0.05, 0.1) is 5.56 Å². The van der Waals surface area contributed by atoms with Gasteiger partial charge in [-0.25, -0.2) is 0 Å². The number of carbonyl (C=O) groups is 2. The third-order valence-corrected chi connectivity index (χ3v) is 6.48. The van der Waals surface area contributed by atoms with Crippen molar-refractivity contribution in [2.75, 3.05) is 26.2 Å². The van der Waals surface area contributed by atoms with Gasteiger partial charge >= 0.3 is 0 Å². The maximum atomic E-state index is 13.0. The third kappa shape index (κ3) is 4.64. The number of nitrogens with zero attached hydrogens (tertiary/aromatic N) is 2. The second-order valence-corrected chi connectivity index (χ2v) is 8.07. The van der Waals surface area contributed by atoms with E-state index in [1.807, 2.05) is 34.1 Å². The van der Waals surface area contributed by atoms with E-state index in [4.69, 9.17) is 0 Å². The van der Waals surface area contributed by atoms with Gasteiger partial charge in [0.15, 0.2) is 0 Å². The van der Waals surface area contributed by atoms with Gasteiger partial charge in [0, 0.05) is 48.6 Å². The van der Waals surface area contributed by atoms with Gasteiger partial charge in [0.2, 0.25) is 5.91 Å². The number of hydrogen-bond donors (Lipinski definition) is 0. The number of carbonyl (C=O) groups excluding carboxylic acids is 2. The van der Waals surface area contributed by atoms with Crippen LogP contribution >= 0.6 is 23.1 Å². The van der Waals surface area contributed by atoms with Gasteiger partial charge < -0.3 is 9.80 Å². The predicted molar refractivity (Wildman–Crippen MR) is 103 cm³/mol. The van der Waals surface area contributed by atoms with Gasteiger partial charge in [0.25, 0.3) is 5.91 Å². The van der Waals surface area contributed by atoms with E-state index in [2.05, 4.69) is 17.5 Å². The Morgan fingerprint density at radius 2 is 1.80 bits per heavy atom. The zero-order chi connectivity index (χ0) is 17.6. The Labute approximate surface area is 156 Å². The number of rotatable bonds is 4. The molecule has 0 bridgehead atoms. The summed E-state index contributed by atoms with van der Waals surface area (Å²) in [6.07, 6.45) is 0.829. The molecule has 4 nitrogen and oxygen atoms in total. The van der Waals surface area contributed by atoms with E-state index in [0.717, 1.165) is 29.2 Å². The van der Waals surface area contributed by atoms with Gasteiger partial charge in [-0.1, -0.05) is 18.2 Å². The van der Waals surface area contributed by atoms with Crippen LogP contribution in [0.4, 0.5) is 0 Å². The van der Waals surface area contributed by atoms with Crippen molar-refractivity contribution in [3.8, 4) is 0 Å². The Morgan fingerprint density at radius 1 is 1.04 bits per heavy atom. The van der Waals surface area contributed by atoms with E-state index < -0.39 is 0 Å². The molecule has 1 saturated heterocycles. The molecule has 0 aliphatic carbocycles. The highest BCUT2D eigenvalue weighted by atomic mass is 32.2. The monoisotopic (exact) mass is 374 g/mol. The van der Waals surface area contributed by atoms with Gasteiger partial charge in [-0.3, -0.25) is 9.59 Å². The maximum Gasteiger partial charge on any atom is 0.255 e. The summed E-state index contributed by atoms with van der Waals surface area (Å²) in [5.41, 5.74) is 0.764. The molecule has 1 aliphatic rings. The summed E-state index contributed by atoms with van der Waals surface area (Å²) >= 11 is 3.44. The average molecular weight is 375 g/mol. The molecule has 1 aliphatic heterocycles. The van der Waals surface area contributed by atoms with Crippen molar-refractivity contribution in [1.29, 1.82) is 0 Å². The van der Waals surface area contributed by atoms with Crippen molar-refractivity contribution in [2.24, 2.45) is 0 Å². The van der Waals surface area contributed by atoms with Crippen LogP contribution in [0.2, 0.25) is 0 Å². The fraction of sp³-hybridized carbons (Fsp3) is 0.368. The summed E-state index contributed by atoms with van der Waals surface area (Å²) in [6, 6.07) is 12.0. The van der Waals surface area contributed by atoms with Crippen LogP contribution in [0, 0.1) is 0 Å². The highest BCUT2D eigenvalue weighted by Gasteiger charge is 2.23. The van der Waals surface area contributed by atoms with E-state index in [9.17, 15) is 9.59 Å². The van der Waals surface area contributed by atoms with Gasteiger partial charge in [-0.15, -0.1) is 23.1 Å². The lowest BCUT2D eigenvalue weighted by molar-refractivity contribution is -0.128. The van der Waals surface area contributed by atoms with Crippen molar-refractivity contribution in [1.82, 2.24) is 9.80 Å². The molecule has 6 heteroatoms. The first-order valence-corrected chi connectivity index (χ1v) is 10.3. The van der Waals surface area contributed by atoms with E-state index in [0.29, 0.717) is 19.6 Å². The maximum absolute atomic E-state index is 13.0. The zero-order valence-corrected chi connectivity index (χ0v) is 15.9. The molecule has 2 amide bonds. The number of hydrogen-bond acceptors (Lipinski definition) is 4. The lowest BCUT2D eigenvalue weighted by Crippen LogP contribution is -2.36. The molecule has 25 heavy (non-hydrogen) atoms. The van der Waals surface area contributed by atoms with Crippen LogP contribution in [0.5, 0.6) is 0 Å². The molecule has 132 valence electrons. The van der Waals surface area contributed by atoms with Gasteiger partial charge in [-0.2, -0.15) is 0 Å². The Morgan fingerprint density at radius 3 is 2.56 bits per heavy atom. The number of benzene rings is 1. The van der Waals surface area contributed by atoms with Crippen molar-refractivity contribution < 1.29 is 9.59 Å². The quantitative estimate of drug-likeness (QED) is 0.766. The molecule has 0 radical (unpaired) electrons. The molecule has 0 saturated carbocycles. The van der Waals surface area contributed by atoms with E-state index in [1.165, 1.54) is 4.88 Å². The minimum absolute atomic E-state index is 0.0691. The Balaban J connectivity index is 1.70. The molecule has 2 heterocycles. The fourth-order valence-electron chi connectivity index (χ4n) is 2.92. The average Bonchev–Trinajstić information content (AvgIpc) is 3.01. The van der Waals surface area contributed by atoms with Crippen LogP contribution in [-0.4, -0.2) is 47.8 Å². The summed E-state index contributed by atoms with van der Waals surface area (Å²) in [7, 11) is 0. The lowest BCUT2D eigenvalue weighted by atomic mass is 10.2. The molecule has 1 fully saturated rings. The smallest absolute Gasteiger partial charge is 0.255 e. The first-order valence-electron chi connectivity index (χ1n) is 8.44. The minimum atomic E-state index is 0.0691. The van der Waals surface area contributed by atoms with Crippen molar-refractivity contribution >= 4 is 34.9 Å². The molecule has 0 atom stereocenters. The minimum Gasteiger partial charge on any atom is -0.341 e. The Bertz CT molecular complexity index is 731. The van der Waals surface area contributed by atoms with Gasteiger partial charge in [-0.05, 0) is 30.0 Å². The summed E-state index contributed by atoms with van der Waals surface area (Å²) in [5, 5.41) is 2.07. The van der Waals surface area contributed by atoms with Crippen molar-refractivity contribution in [3.63, 3.8) is 0 Å². The molecule has 1 aromatic carbocycles. The highest BCUT2D eigenvalue weighted by Crippen LogP contribution is 2.28. The second kappa shape index (κ2) is 8.54. The first kappa shape index (κ1) is 18.0. The van der Waals surface area contributed by atoms with Crippen molar-refractivity contribution in [2.45, 2.75) is 24.0 Å². The van der Waals surface area contributed by atoms with Crippen LogP contribution < -0.4 is 0 Å². The zero-order valence-electron chi connectivity index (χ0n) is 14.3. The Hall–Kier alpha value is -1.79. The molecule has 1 aromatic heterocycles. The lowest BCUT2D eigenvalue weighted by Gasteiger charge is -2.22. The number of amides is 2. The van der Waals surface area contributed by atoms with E-state index >= 15 is 0 Å². The Kier molecular flexibility index (Phi) is 6.15. The standard InChI is InChI=1S/C19H22N2O2S2/c1-15(22)20-9-5-10-21(12-11-20)19(23)17-7-2-3-8-18(17)25-14-16-6-4-13-24-16/h2-4,6-8,13H,5,9-12,14H2,1H3. The topological polar surface area (TPSA) is 40.6 Å². The normalized spacial score (nSPS) is 15.1. The van der Waals surface area contributed by atoms with Crippen molar-refractivity contribution in [3.05, 3.63) is 52.2 Å². The second-order valence-electron chi connectivity index (χ2n) is 6.02. The van der Waals surface area contributed by atoms with E-state index in [-0.39, 0.29) is 11.8 Å². The van der Waals surface area contributed by atoms with Crippen LogP contribution in [0.25, 0.3) is 0 Å². The SMILES string of the molecule is CC(=O)N1CCCN(C(=O)c2ccccc2SCc2cccs2)CC1. The first-order chi connectivity index (χ1) is 12.1. The van der Waals surface area contributed by atoms with Crippen LogP contribution in [0.15, 0.2) is 46.7 Å². The number of thioether (sulfide) groups is 1. The summed E-state index contributed by atoms with van der Waals surface area (Å²) in [6.45, 7) is 4.24. The molecule has 0 N–H and O–H groups in total. The molecule has 0 spiro atoms. The molecule has 0 unspecified atom stereocenters. The van der Waals surface area contributed by atoms with Crippen LogP contribution in [0.3, 0.4) is 0 Å². The molecule has 2 aromatic rings. The molecular weight excluding hydrogens is 352 g/mol. The van der Waals surface area contributed by atoms with Crippen LogP contribution in [0.1, 0.15) is 28.6 Å². The van der Waals surface area contributed by atoms with Gasteiger partial charge in [0.1, 0.15) is 0 Å². The third-order valence-electron chi connectivity index (χ3n) is 4.30. The summed E-state index contributed by atoms with van der Waals surface area (Å²) < 4.78 is 0. The molecular formula is C19H22N2O2S2. The highest BCUT2D eigenvalue weighted by molar-refractivity contribution is 7.98. The fourth-order valence-corrected chi connectivity index (χ4v) is 4.74. The predicted octanol–water partition coefficient (Wildman–Crippen LogP) is 3.73. The summed E-state index contributed by atoms with van der Waals surface area (Å²) in [4.78, 5) is 30.6. The summed E-state index contributed by atoms with van der Waals surface area (Å²) in [5.74, 6) is 1.03. The van der Waals surface area contributed by atoms with Crippen LogP contribution in [-0.2, 0) is 10.5 Å². The largest absolute Gasteiger partial charge is 0.341 e. The van der Waals surface area contributed by atoms with E-state index in [1.54, 1.807) is 30.0 Å². The molecule has 3 rings (SSSR count). The number of thiophene rings is 1.